The summed E-state index contributed by atoms with van der Waals surface area (Å²) in [6.07, 6.45) is 16.1. The van der Waals surface area contributed by atoms with Crippen molar-refractivity contribution in [1.82, 2.24) is 5.43 Å². The highest BCUT2D eigenvalue weighted by molar-refractivity contribution is 5.84. The molecule has 0 aromatic heterocycles. The third-order valence-electron chi connectivity index (χ3n) is 5.24. The van der Waals surface area contributed by atoms with E-state index in [9.17, 15) is 0 Å². The summed E-state index contributed by atoms with van der Waals surface area (Å²) in [4.78, 5) is 4.95. The lowest BCUT2D eigenvalue weighted by Crippen LogP contribution is -2.39. The van der Waals surface area contributed by atoms with Crippen molar-refractivity contribution in [3.63, 3.8) is 0 Å². The Balaban J connectivity index is 1.81. The topological polar surface area (TPSA) is 50.4 Å². The van der Waals surface area contributed by atoms with Crippen LogP contribution in [0.15, 0.2) is 4.99 Å². The largest absolute Gasteiger partial charge is 0.312 e. The second-order valence-electron chi connectivity index (χ2n) is 6.81. The van der Waals surface area contributed by atoms with Crippen LogP contribution >= 0.6 is 0 Å². The van der Waals surface area contributed by atoms with Gasteiger partial charge in [-0.15, -0.1) is 0 Å². The number of unbranched alkanes of at least 4 members (excludes halogenated alkanes) is 1. The van der Waals surface area contributed by atoms with Crippen LogP contribution in [0.25, 0.3) is 0 Å². The highest BCUT2D eigenvalue weighted by atomic mass is 15.3. The molecule has 2 saturated carbocycles. The zero-order chi connectivity index (χ0) is 14.2. The summed E-state index contributed by atoms with van der Waals surface area (Å²) in [5, 5.41) is 0. The number of nitrogens with zero attached hydrogens (tertiary/aromatic N) is 1. The van der Waals surface area contributed by atoms with Crippen LogP contribution < -0.4 is 11.3 Å². The number of nitrogens with two attached hydrogens (primary N) is 1. The van der Waals surface area contributed by atoms with Gasteiger partial charge < -0.3 is 5.43 Å². The molecule has 2 aliphatic rings. The van der Waals surface area contributed by atoms with Crippen LogP contribution in [0.5, 0.6) is 0 Å². The zero-order valence-corrected chi connectivity index (χ0v) is 13.2. The van der Waals surface area contributed by atoms with Gasteiger partial charge in [-0.1, -0.05) is 45.4 Å². The molecule has 3 heteroatoms. The van der Waals surface area contributed by atoms with Gasteiger partial charge in [-0.05, 0) is 44.4 Å². The predicted molar refractivity (Wildman–Crippen MR) is 86.6 cm³/mol. The molecule has 2 rings (SSSR count). The van der Waals surface area contributed by atoms with Gasteiger partial charge in [-0.3, -0.25) is 4.99 Å². The van der Waals surface area contributed by atoms with E-state index in [0.717, 1.165) is 11.8 Å². The molecule has 0 aromatic rings. The molecule has 116 valence electrons. The second kappa shape index (κ2) is 8.66. The maximum Gasteiger partial charge on any atom is 0.114 e. The van der Waals surface area contributed by atoms with Crippen molar-refractivity contribution in [3.05, 3.63) is 0 Å². The van der Waals surface area contributed by atoms with E-state index in [4.69, 9.17) is 10.8 Å². The van der Waals surface area contributed by atoms with Crippen LogP contribution in [0, 0.1) is 11.8 Å². The smallest absolute Gasteiger partial charge is 0.114 e. The van der Waals surface area contributed by atoms with Crippen LogP contribution in [-0.2, 0) is 0 Å². The Morgan fingerprint density at radius 2 is 1.75 bits per heavy atom. The molecule has 0 heterocycles. The average molecular weight is 279 g/mol. The number of hydrogen-bond acceptors (Lipinski definition) is 2. The van der Waals surface area contributed by atoms with Crippen LogP contribution in [-0.4, -0.2) is 11.9 Å². The molecule has 2 aliphatic carbocycles. The first-order valence-corrected chi connectivity index (χ1v) is 8.87. The van der Waals surface area contributed by atoms with E-state index in [0.29, 0.717) is 12.0 Å². The number of hydrazine groups is 1. The fourth-order valence-corrected chi connectivity index (χ4v) is 3.88. The fourth-order valence-electron chi connectivity index (χ4n) is 3.88. The summed E-state index contributed by atoms with van der Waals surface area (Å²) >= 11 is 0. The van der Waals surface area contributed by atoms with Gasteiger partial charge in [0.25, 0.3) is 0 Å². The lowest BCUT2D eigenvalue weighted by Gasteiger charge is -2.30. The van der Waals surface area contributed by atoms with E-state index in [-0.39, 0.29) is 0 Å². The monoisotopic (exact) mass is 279 g/mol. The number of aliphatic imine (C=N–C) groups is 1. The molecule has 20 heavy (non-hydrogen) atoms. The SMILES string of the molecule is CCCCC1CCC(C(=NC2CCCCC2)NN)CC1. The predicted octanol–water partition coefficient (Wildman–Crippen LogP) is 4.18. The molecule has 0 amide bonds. The first-order valence-electron chi connectivity index (χ1n) is 8.87. The minimum Gasteiger partial charge on any atom is -0.312 e. The van der Waals surface area contributed by atoms with Gasteiger partial charge in [0.1, 0.15) is 5.84 Å². The van der Waals surface area contributed by atoms with Crippen LogP contribution in [0.1, 0.15) is 84.0 Å². The molecule has 0 radical (unpaired) electrons. The first-order chi connectivity index (χ1) is 9.83. The summed E-state index contributed by atoms with van der Waals surface area (Å²) in [5.41, 5.74) is 2.93. The highest BCUT2D eigenvalue weighted by Gasteiger charge is 2.25. The standard InChI is InChI=1S/C17H33N3/c1-2-3-7-14-10-12-15(13-11-14)17(20-18)19-16-8-5-4-6-9-16/h14-16H,2-13,18H2,1H3,(H,19,20). The van der Waals surface area contributed by atoms with Crippen LogP contribution in [0.3, 0.4) is 0 Å². The Kier molecular flexibility index (Phi) is 6.85. The van der Waals surface area contributed by atoms with E-state index in [1.807, 2.05) is 0 Å². The molecule has 0 unspecified atom stereocenters. The van der Waals surface area contributed by atoms with Gasteiger partial charge >= 0.3 is 0 Å². The maximum atomic E-state index is 5.75. The molecule has 3 N–H and O–H groups in total. The Morgan fingerprint density at radius 3 is 2.35 bits per heavy atom. The molecule has 0 bridgehead atoms. The van der Waals surface area contributed by atoms with Gasteiger partial charge in [-0.2, -0.15) is 0 Å². The van der Waals surface area contributed by atoms with Crippen molar-refractivity contribution in [1.29, 1.82) is 0 Å². The maximum absolute atomic E-state index is 5.75. The van der Waals surface area contributed by atoms with Crippen molar-refractivity contribution in [2.45, 2.75) is 90.0 Å². The summed E-state index contributed by atoms with van der Waals surface area (Å²) in [6.45, 7) is 2.29. The molecular formula is C17H33N3. The summed E-state index contributed by atoms with van der Waals surface area (Å²) in [7, 11) is 0. The van der Waals surface area contributed by atoms with E-state index in [1.165, 1.54) is 77.0 Å². The number of nitrogens with one attached hydrogen (secondary N) is 1. The van der Waals surface area contributed by atoms with Crippen molar-refractivity contribution < 1.29 is 0 Å². The Labute approximate surface area is 124 Å². The Bertz CT molecular complexity index is 287. The van der Waals surface area contributed by atoms with Gasteiger partial charge in [-0.25, -0.2) is 5.84 Å². The van der Waals surface area contributed by atoms with E-state index in [1.54, 1.807) is 0 Å². The fraction of sp³-hybridized carbons (Fsp3) is 0.941. The molecule has 0 aromatic carbocycles. The lowest BCUT2D eigenvalue weighted by atomic mass is 9.79. The molecule has 0 saturated heterocycles. The quantitative estimate of drug-likeness (QED) is 0.343. The van der Waals surface area contributed by atoms with E-state index < -0.39 is 0 Å². The normalized spacial score (nSPS) is 29.4. The number of rotatable bonds is 5. The van der Waals surface area contributed by atoms with Crippen molar-refractivity contribution >= 4 is 5.84 Å². The average Bonchev–Trinajstić information content (AvgIpc) is 2.52. The molecule has 3 nitrogen and oxygen atoms in total. The van der Waals surface area contributed by atoms with Crippen molar-refractivity contribution in [2.24, 2.45) is 22.7 Å². The van der Waals surface area contributed by atoms with Gasteiger partial charge in [0.2, 0.25) is 0 Å². The van der Waals surface area contributed by atoms with Gasteiger partial charge in [0.15, 0.2) is 0 Å². The van der Waals surface area contributed by atoms with Crippen molar-refractivity contribution in [3.8, 4) is 0 Å². The molecular weight excluding hydrogens is 246 g/mol. The summed E-state index contributed by atoms with van der Waals surface area (Å²) in [5.74, 6) is 8.41. The lowest BCUT2D eigenvalue weighted by molar-refractivity contribution is 0.297. The van der Waals surface area contributed by atoms with Gasteiger partial charge in [0.05, 0.1) is 6.04 Å². The molecule has 2 fully saturated rings. The highest BCUT2D eigenvalue weighted by Crippen LogP contribution is 2.32. The van der Waals surface area contributed by atoms with Gasteiger partial charge in [0, 0.05) is 5.92 Å². The molecule has 0 spiro atoms. The Hall–Kier alpha value is -0.570. The van der Waals surface area contributed by atoms with Crippen LogP contribution in [0.4, 0.5) is 0 Å². The number of amidine groups is 1. The van der Waals surface area contributed by atoms with Crippen molar-refractivity contribution in [2.75, 3.05) is 0 Å². The van der Waals surface area contributed by atoms with E-state index in [2.05, 4.69) is 12.3 Å². The third-order valence-corrected chi connectivity index (χ3v) is 5.24. The first kappa shape index (κ1) is 15.8. The third kappa shape index (κ3) is 4.76. The second-order valence-corrected chi connectivity index (χ2v) is 6.81. The van der Waals surface area contributed by atoms with Crippen LogP contribution in [0.2, 0.25) is 0 Å². The molecule has 0 atom stereocenters. The minimum absolute atomic E-state index is 0.535. The summed E-state index contributed by atoms with van der Waals surface area (Å²) in [6, 6.07) is 0.535. The minimum atomic E-state index is 0.535. The Morgan fingerprint density at radius 1 is 1.05 bits per heavy atom. The van der Waals surface area contributed by atoms with E-state index >= 15 is 0 Å². The number of hydrogen-bond donors (Lipinski definition) is 2. The zero-order valence-electron chi connectivity index (χ0n) is 13.2. The summed E-state index contributed by atoms with van der Waals surface area (Å²) < 4.78 is 0. The molecule has 0 aliphatic heterocycles.